The lowest BCUT2D eigenvalue weighted by Crippen LogP contribution is -1.86. The van der Waals surface area contributed by atoms with Gasteiger partial charge in [-0.05, 0) is 12.8 Å². The Labute approximate surface area is 60.6 Å². The lowest BCUT2D eigenvalue weighted by atomic mass is 10.3. The highest BCUT2D eigenvalue weighted by Crippen LogP contribution is 1.86. The van der Waals surface area contributed by atoms with Crippen LogP contribution in [0.15, 0.2) is 15.3 Å². The lowest BCUT2D eigenvalue weighted by Gasteiger charge is -1.88. The summed E-state index contributed by atoms with van der Waals surface area (Å²) >= 11 is 0. The predicted octanol–water partition coefficient (Wildman–Crippen LogP) is 2.08. The van der Waals surface area contributed by atoms with Crippen molar-refractivity contribution in [2.75, 3.05) is 0 Å². The molecule has 0 aromatic rings. The SMILES string of the molecule is C/C(N=N)=N/N=C/C(C)C. The van der Waals surface area contributed by atoms with Gasteiger partial charge < -0.3 is 0 Å². The molecule has 0 spiro atoms. The number of hydrogen-bond acceptors (Lipinski definition) is 3. The van der Waals surface area contributed by atoms with Crippen LogP contribution < -0.4 is 0 Å². The van der Waals surface area contributed by atoms with Crippen molar-refractivity contribution >= 4 is 12.1 Å². The molecule has 0 aliphatic rings. The molecule has 0 heterocycles. The van der Waals surface area contributed by atoms with E-state index in [1.54, 1.807) is 13.1 Å². The molecule has 10 heavy (non-hydrogen) atoms. The van der Waals surface area contributed by atoms with Crippen molar-refractivity contribution in [3.05, 3.63) is 0 Å². The van der Waals surface area contributed by atoms with Gasteiger partial charge >= 0.3 is 0 Å². The van der Waals surface area contributed by atoms with Gasteiger partial charge in [-0.25, -0.2) is 5.53 Å². The van der Waals surface area contributed by atoms with Crippen LogP contribution >= 0.6 is 0 Å². The summed E-state index contributed by atoms with van der Waals surface area (Å²) < 4.78 is 0. The maximum Gasteiger partial charge on any atom is 0.169 e. The Kier molecular flexibility index (Phi) is 4.28. The fourth-order valence-electron chi connectivity index (χ4n) is 0.273. The zero-order valence-electron chi connectivity index (χ0n) is 6.50. The third-order valence-corrected chi connectivity index (χ3v) is 0.729. The van der Waals surface area contributed by atoms with Gasteiger partial charge in [-0.3, -0.25) is 0 Å². The van der Waals surface area contributed by atoms with Crippen LogP contribution in [0.3, 0.4) is 0 Å². The van der Waals surface area contributed by atoms with Gasteiger partial charge in [0.2, 0.25) is 0 Å². The first-order chi connectivity index (χ1) is 4.66. The van der Waals surface area contributed by atoms with Crippen LogP contribution in [-0.4, -0.2) is 12.1 Å². The molecule has 1 N–H and O–H groups in total. The zero-order chi connectivity index (χ0) is 7.98. The first-order valence-electron chi connectivity index (χ1n) is 3.12. The van der Waals surface area contributed by atoms with E-state index in [4.69, 9.17) is 5.53 Å². The molecular formula is C6H12N4. The highest BCUT2D eigenvalue weighted by Gasteiger charge is 1.83. The molecule has 0 unspecified atom stereocenters. The van der Waals surface area contributed by atoms with Gasteiger partial charge in [0.1, 0.15) is 0 Å². The molecule has 0 fully saturated rings. The molecule has 4 heteroatoms. The second-order valence-corrected chi connectivity index (χ2v) is 2.27. The fraction of sp³-hybridized carbons (Fsp3) is 0.667. The van der Waals surface area contributed by atoms with Crippen molar-refractivity contribution in [2.24, 2.45) is 21.2 Å². The van der Waals surface area contributed by atoms with Crippen molar-refractivity contribution in [3.63, 3.8) is 0 Å². The Hall–Kier alpha value is -1.06. The number of rotatable bonds is 2. The van der Waals surface area contributed by atoms with Crippen molar-refractivity contribution in [1.82, 2.24) is 0 Å². The van der Waals surface area contributed by atoms with Gasteiger partial charge in [0.25, 0.3) is 0 Å². The van der Waals surface area contributed by atoms with Crippen LogP contribution in [0.4, 0.5) is 0 Å². The second kappa shape index (κ2) is 4.78. The molecule has 0 atom stereocenters. The summed E-state index contributed by atoms with van der Waals surface area (Å²) in [5.74, 6) is 0.763. The van der Waals surface area contributed by atoms with Crippen molar-refractivity contribution in [2.45, 2.75) is 20.8 Å². The maximum atomic E-state index is 6.51. The third-order valence-electron chi connectivity index (χ3n) is 0.729. The Morgan fingerprint density at radius 1 is 1.50 bits per heavy atom. The van der Waals surface area contributed by atoms with Crippen molar-refractivity contribution < 1.29 is 0 Å². The minimum atomic E-state index is 0.372. The Bertz CT molecular complexity index is 157. The normalized spacial score (nSPS) is 13.0. The summed E-state index contributed by atoms with van der Waals surface area (Å²) in [5.41, 5.74) is 6.51. The highest BCUT2D eigenvalue weighted by molar-refractivity contribution is 5.79. The van der Waals surface area contributed by atoms with Gasteiger partial charge in [-0.1, -0.05) is 13.8 Å². The fourth-order valence-corrected chi connectivity index (χ4v) is 0.273. The minimum absolute atomic E-state index is 0.372. The number of hydrogen-bond donors (Lipinski definition) is 1. The van der Waals surface area contributed by atoms with Gasteiger partial charge in [0.05, 0.1) is 0 Å². The molecule has 0 rings (SSSR count). The summed E-state index contributed by atoms with van der Waals surface area (Å²) in [7, 11) is 0. The quantitative estimate of drug-likeness (QED) is 0.264. The Balaban J connectivity index is 3.81. The van der Waals surface area contributed by atoms with Crippen molar-refractivity contribution in [1.29, 1.82) is 5.53 Å². The van der Waals surface area contributed by atoms with E-state index in [1.807, 2.05) is 13.8 Å². The molecule has 0 aromatic heterocycles. The summed E-state index contributed by atoms with van der Waals surface area (Å²) in [6.07, 6.45) is 1.70. The first kappa shape index (κ1) is 8.94. The molecule has 4 nitrogen and oxygen atoms in total. The molecule has 0 aliphatic carbocycles. The van der Waals surface area contributed by atoms with Gasteiger partial charge in [0, 0.05) is 6.21 Å². The van der Waals surface area contributed by atoms with E-state index in [0.29, 0.717) is 11.8 Å². The van der Waals surface area contributed by atoms with E-state index in [1.165, 1.54) is 0 Å². The summed E-state index contributed by atoms with van der Waals surface area (Å²) in [6.45, 7) is 5.64. The molecule has 0 bridgehead atoms. The first-order valence-corrected chi connectivity index (χ1v) is 3.12. The topological polar surface area (TPSA) is 60.9 Å². The van der Waals surface area contributed by atoms with Crippen LogP contribution in [0.5, 0.6) is 0 Å². The monoisotopic (exact) mass is 140 g/mol. The highest BCUT2D eigenvalue weighted by atomic mass is 15.2. The Morgan fingerprint density at radius 2 is 2.10 bits per heavy atom. The predicted molar refractivity (Wildman–Crippen MR) is 41.6 cm³/mol. The standard InChI is InChI=1S/C6H12N4/c1-5(2)4-8-10-6(3)9-7/h4-5,7H,1-3H3/b8-4+,9-7?,10-6-. The average Bonchev–Trinajstić information content (AvgIpc) is 1.87. The van der Waals surface area contributed by atoms with Crippen LogP contribution in [0.2, 0.25) is 0 Å². The van der Waals surface area contributed by atoms with Crippen molar-refractivity contribution in [3.8, 4) is 0 Å². The molecule has 0 saturated carbocycles. The number of amidine groups is 1. The van der Waals surface area contributed by atoms with E-state index in [2.05, 4.69) is 15.3 Å². The zero-order valence-corrected chi connectivity index (χ0v) is 6.50. The van der Waals surface area contributed by atoms with Gasteiger partial charge in [-0.15, -0.1) is 10.2 Å². The van der Waals surface area contributed by atoms with Gasteiger partial charge in [0.15, 0.2) is 5.84 Å². The van der Waals surface area contributed by atoms with Gasteiger partial charge in [-0.2, -0.15) is 5.10 Å². The maximum absolute atomic E-state index is 6.51. The average molecular weight is 140 g/mol. The molecule has 0 saturated heterocycles. The molecule has 0 amide bonds. The Morgan fingerprint density at radius 3 is 2.50 bits per heavy atom. The minimum Gasteiger partial charge on any atom is -0.203 e. The van der Waals surface area contributed by atoms with E-state index in [-0.39, 0.29) is 0 Å². The summed E-state index contributed by atoms with van der Waals surface area (Å²) in [4.78, 5) is 0. The van der Waals surface area contributed by atoms with Crippen LogP contribution in [0.25, 0.3) is 0 Å². The molecule has 0 aliphatic heterocycles. The smallest absolute Gasteiger partial charge is 0.169 e. The number of nitrogens with zero attached hydrogens (tertiary/aromatic N) is 3. The van der Waals surface area contributed by atoms with E-state index in [0.717, 1.165) is 0 Å². The molecule has 0 radical (unpaired) electrons. The van der Waals surface area contributed by atoms with Crippen LogP contribution in [-0.2, 0) is 0 Å². The van der Waals surface area contributed by atoms with E-state index < -0.39 is 0 Å². The summed E-state index contributed by atoms with van der Waals surface area (Å²) in [6, 6.07) is 0. The molecule has 56 valence electrons. The summed E-state index contributed by atoms with van der Waals surface area (Å²) in [5, 5.41) is 10.4. The second-order valence-electron chi connectivity index (χ2n) is 2.27. The third kappa shape index (κ3) is 5.08. The van der Waals surface area contributed by atoms with Crippen LogP contribution in [0.1, 0.15) is 20.8 Å². The van der Waals surface area contributed by atoms with Crippen LogP contribution in [0, 0.1) is 11.4 Å². The van der Waals surface area contributed by atoms with E-state index in [9.17, 15) is 0 Å². The largest absolute Gasteiger partial charge is 0.203 e. The lowest BCUT2D eigenvalue weighted by molar-refractivity contribution is 0.899. The van der Waals surface area contributed by atoms with E-state index >= 15 is 0 Å². The molecule has 0 aromatic carbocycles. The number of nitrogens with one attached hydrogen (secondary N) is 1. The molecular weight excluding hydrogens is 128 g/mol.